The summed E-state index contributed by atoms with van der Waals surface area (Å²) in [7, 11) is 0. The van der Waals surface area contributed by atoms with E-state index in [0.29, 0.717) is 23.8 Å². The Morgan fingerprint density at radius 3 is 2.68 bits per heavy atom. The number of nitrogens with zero attached hydrogens (tertiary/aromatic N) is 1. The van der Waals surface area contributed by atoms with Crippen LogP contribution in [0.3, 0.4) is 0 Å². The van der Waals surface area contributed by atoms with E-state index < -0.39 is 0 Å². The summed E-state index contributed by atoms with van der Waals surface area (Å²) in [4.78, 5) is 19.1. The van der Waals surface area contributed by atoms with Crippen molar-refractivity contribution in [1.29, 1.82) is 0 Å². The number of aromatic nitrogens is 1. The topological polar surface area (TPSA) is 48.1 Å². The van der Waals surface area contributed by atoms with Gasteiger partial charge >= 0.3 is 0 Å². The highest BCUT2D eigenvalue weighted by atomic mass is 32.1. The van der Waals surface area contributed by atoms with Crippen molar-refractivity contribution < 1.29 is 0 Å². The SMILES string of the molecule is Cc1ccc2cc(CN(Cc3cccs3)C(=S)NCCc3ccccc3)c(=O)[nH]c2c1. The lowest BCUT2D eigenvalue weighted by Gasteiger charge is -2.25. The van der Waals surface area contributed by atoms with E-state index in [1.165, 1.54) is 10.4 Å². The summed E-state index contributed by atoms with van der Waals surface area (Å²) >= 11 is 7.42. The molecule has 2 aromatic carbocycles. The van der Waals surface area contributed by atoms with Gasteiger partial charge in [-0.2, -0.15) is 0 Å². The number of thiophene rings is 1. The van der Waals surface area contributed by atoms with E-state index in [9.17, 15) is 4.79 Å². The summed E-state index contributed by atoms with van der Waals surface area (Å²) in [5, 5.41) is 7.12. The smallest absolute Gasteiger partial charge is 0.253 e. The summed E-state index contributed by atoms with van der Waals surface area (Å²) in [5.41, 5.74) is 3.89. The Hall–Kier alpha value is -2.96. The standard InChI is InChI=1S/C25H25N3OS2/c1-18-9-10-20-15-21(24(29)27-23(20)14-18)16-28(17-22-8-5-13-31-22)25(30)26-12-11-19-6-3-2-4-7-19/h2-10,13-15H,11-12,16-17H2,1H3,(H,26,30)(H,27,29). The minimum absolute atomic E-state index is 0.0682. The van der Waals surface area contributed by atoms with Gasteiger partial charge in [-0.15, -0.1) is 11.3 Å². The van der Waals surface area contributed by atoms with Crippen LogP contribution in [0.25, 0.3) is 10.9 Å². The van der Waals surface area contributed by atoms with Gasteiger partial charge in [0.25, 0.3) is 5.56 Å². The Morgan fingerprint density at radius 1 is 1.06 bits per heavy atom. The van der Waals surface area contributed by atoms with E-state index in [4.69, 9.17) is 12.2 Å². The van der Waals surface area contributed by atoms with Crippen molar-refractivity contribution in [3.8, 4) is 0 Å². The van der Waals surface area contributed by atoms with Crippen LogP contribution in [0.5, 0.6) is 0 Å². The van der Waals surface area contributed by atoms with Gasteiger partial charge in [-0.1, -0.05) is 48.5 Å². The average Bonchev–Trinajstić information content (AvgIpc) is 3.28. The van der Waals surface area contributed by atoms with Crippen molar-refractivity contribution in [3.05, 3.63) is 104 Å². The lowest BCUT2D eigenvalue weighted by Crippen LogP contribution is -2.40. The molecule has 4 rings (SSSR count). The Labute approximate surface area is 191 Å². The van der Waals surface area contributed by atoms with Gasteiger partial charge in [-0.05, 0) is 65.7 Å². The molecule has 0 spiro atoms. The molecule has 0 fully saturated rings. The number of nitrogens with one attached hydrogen (secondary N) is 2. The van der Waals surface area contributed by atoms with E-state index in [1.54, 1.807) is 11.3 Å². The quantitative estimate of drug-likeness (QED) is 0.391. The number of hydrogen-bond donors (Lipinski definition) is 2. The van der Waals surface area contributed by atoms with E-state index in [1.807, 2.05) is 49.4 Å². The molecule has 2 heterocycles. The molecule has 158 valence electrons. The fourth-order valence-corrected chi connectivity index (χ4v) is 4.49. The highest BCUT2D eigenvalue weighted by molar-refractivity contribution is 7.80. The number of pyridine rings is 1. The third-order valence-corrected chi connectivity index (χ3v) is 6.45. The van der Waals surface area contributed by atoms with Crippen LogP contribution in [-0.4, -0.2) is 21.5 Å². The molecule has 4 nitrogen and oxygen atoms in total. The maximum atomic E-state index is 12.8. The van der Waals surface area contributed by atoms with Crippen molar-refractivity contribution in [3.63, 3.8) is 0 Å². The lowest BCUT2D eigenvalue weighted by molar-refractivity contribution is 0.401. The largest absolute Gasteiger partial charge is 0.362 e. The molecule has 4 aromatic rings. The number of aromatic amines is 1. The molecule has 0 saturated carbocycles. The summed E-state index contributed by atoms with van der Waals surface area (Å²) in [6.45, 7) is 3.89. The lowest BCUT2D eigenvalue weighted by atomic mass is 10.1. The van der Waals surface area contributed by atoms with Crippen molar-refractivity contribution >= 4 is 39.6 Å². The van der Waals surface area contributed by atoms with E-state index >= 15 is 0 Å². The van der Waals surface area contributed by atoms with Gasteiger partial charge in [-0.3, -0.25) is 4.79 Å². The van der Waals surface area contributed by atoms with Crippen molar-refractivity contribution in [2.24, 2.45) is 0 Å². The molecular formula is C25H25N3OS2. The molecule has 31 heavy (non-hydrogen) atoms. The fraction of sp³-hybridized carbons (Fsp3) is 0.200. The van der Waals surface area contributed by atoms with Gasteiger partial charge in [0.05, 0.1) is 13.1 Å². The summed E-state index contributed by atoms with van der Waals surface area (Å²) in [6.07, 6.45) is 0.893. The van der Waals surface area contributed by atoms with Crippen molar-refractivity contribution in [1.82, 2.24) is 15.2 Å². The number of hydrogen-bond acceptors (Lipinski definition) is 3. The second-order valence-corrected chi connectivity index (χ2v) is 9.04. The second kappa shape index (κ2) is 9.90. The molecule has 2 N–H and O–H groups in total. The van der Waals surface area contributed by atoms with Crippen LogP contribution in [0.4, 0.5) is 0 Å². The molecule has 0 aliphatic heterocycles. The van der Waals surface area contributed by atoms with Crippen LogP contribution in [-0.2, 0) is 19.5 Å². The van der Waals surface area contributed by atoms with Crippen LogP contribution in [0.2, 0.25) is 0 Å². The molecule has 0 aliphatic rings. The van der Waals surface area contributed by atoms with Gasteiger partial charge in [0.15, 0.2) is 5.11 Å². The minimum atomic E-state index is -0.0682. The monoisotopic (exact) mass is 447 g/mol. The van der Waals surface area contributed by atoms with E-state index in [2.05, 4.69) is 44.8 Å². The first-order valence-corrected chi connectivity index (χ1v) is 11.6. The van der Waals surface area contributed by atoms with Crippen LogP contribution in [0, 0.1) is 6.92 Å². The van der Waals surface area contributed by atoms with Crippen LogP contribution in [0.1, 0.15) is 21.6 Å². The third-order valence-electron chi connectivity index (χ3n) is 5.19. The first kappa shape index (κ1) is 21.3. The minimum Gasteiger partial charge on any atom is -0.362 e. The number of thiocarbonyl (C=S) groups is 1. The Kier molecular flexibility index (Phi) is 6.79. The molecule has 0 saturated heterocycles. The van der Waals surface area contributed by atoms with Gasteiger partial charge in [0.1, 0.15) is 0 Å². The van der Waals surface area contributed by atoms with E-state index in [-0.39, 0.29) is 5.56 Å². The van der Waals surface area contributed by atoms with Gasteiger partial charge in [0, 0.05) is 22.5 Å². The Balaban J connectivity index is 1.51. The fourth-order valence-electron chi connectivity index (χ4n) is 3.54. The highest BCUT2D eigenvalue weighted by Gasteiger charge is 2.14. The van der Waals surface area contributed by atoms with Gasteiger partial charge < -0.3 is 15.2 Å². The zero-order chi connectivity index (χ0) is 21.6. The maximum absolute atomic E-state index is 12.8. The predicted molar refractivity (Wildman–Crippen MR) is 134 cm³/mol. The van der Waals surface area contributed by atoms with Crippen LogP contribution >= 0.6 is 23.6 Å². The molecule has 0 atom stereocenters. The van der Waals surface area contributed by atoms with Gasteiger partial charge in [0.2, 0.25) is 0 Å². The molecule has 0 amide bonds. The number of H-pyrrole nitrogens is 1. The highest BCUT2D eigenvalue weighted by Crippen LogP contribution is 2.17. The third kappa shape index (κ3) is 5.60. The molecule has 6 heteroatoms. The molecule has 0 bridgehead atoms. The summed E-state index contributed by atoms with van der Waals surface area (Å²) in [6, 6.07) is 22.6. The molecule has 0 unspecified atom stereocenters. The number of rotatable bonds is 7. The zero-order valence-corrected chi connectivity index (χ0v) is 19.1. The maximum Gasteiger partial charge on any atom is 0.253 e. The molecule has 0 aliphatic carbocycles. The number of benzene rings is 2. The number of aryl methyl sites for hydroxylation is 1. The van der Waals surface area contributed by atoms with Crippen molar-refractivity contribution in [2.45, 2.75) is 26.4 Å². The normalized spacial score (nSPS) is 10.9. The zero-order valence-electron chi connectivity index (χ0n) is 17.4. The number of fused-ring (bicyclic) bond motifs is 1. The Bertz CT molecular complexity index is 1220. The first-order valence-electron chi connectivity index (χ1n) is 10.3. The molecule has 2 aromatic heterocycles. The predicted octanol–water partition coefficient (Wildman–Crippen LogP) is 5.02. The van der Waals surface area contributed by atoms with Crippen molar-refractivity contribution in [2.75, 3.05) is 6.54 Å². The summed E-state index contributed by atoms with van der Waals surface area (Å²) < 4.78 is 0. The average molecular weight is 448 g/mol. The van der Waals surface area contributed by atoms with Crippen LogP contribution < -0.4 is 10.9 Å². The second-order valence-electron chi connectivity index (χ2n) is 7.62. The van der Waals surface area contributed by atoms with E-state index in [0.717, 1.165) is 29.4 Å². The summed E-state index contributed by atoms with van der Waals surface area (Å²) in [5.74, 6) is 0. The Morgan fingerprint density at radius 2 is 1.90 bits per heavy atom. The molecule has 0 radical (unpaired) electrons. The van der Waals surface area contributed by atoms with Crippen LogP contribution in [0.15, 0.2) is 76.9 Å². The first-order chi connectivity index (χ1) is 15.1. The van der Waals surface area contributed by atoms with Gasteiger partial charge in [-0.25, -0.2) is 0 Å². The molecular weight excluding hydrogens is 422 g/mol.